The zero-order chi connectivity index (χ0) is 22.5. The second-order valence-corrected chi connectivity index (χ2v) is 8.89. The summed E-state index contributed by atoms with van der Waals surface area (Å²) in [5.41, 5.74) is 3.79. The summed E-state index contributed by atoms with van der Waals surface area (Å²) in [6.07, 6.45) is 3.93. The monoisotopic (exact) mass is 437 g/mol. The van der Waals surface area contributed by atoms with Crippen molar-refractivity contribution in [3.8, 4) is 11.5 Å². The first-order valence-electron chi connectivity index (χ1n) is 11.6. The summed E-state index contributed by atoms with van der Waals surface area (Å²) in [4.78, 5) is 17.6. The van der Waals surface area contributed by atoms with Gasteiger partial charge in [0.1, 0.15) is 11.5 Å². The average molecular weight is 438 g/mol. The summed E-state index contributed by atoms with van der Waals surface area (Å²) in [7, 11) is 3.32. The topological polar surface area (TPSA) is 54.0 Å². The van der Waals surface area contributed by atoms with Crippen LogP contribution in [0.5, 0.6) is 11.5 Å². The van der Waals surface area contributed by atoms with Crippen LogP contribution in [0.25, 0.3) is 0 Å². The van der Waals surface area contributed by atoms with E-state index in [1.54, 1.807) is 14.2 Å². The second kappa shape index (κ2) is 10.3. The Morgan fingerprint density at radius 3 is 2.53 bits per heavy atom. The van der Waals surface area contributed by atoms with Crippen molar-refractivity contribution >= 4 is 6.03 Å². The number of rotatable bonds is 6. The van der Waals surface area contributed by atoms with E-state index < -0.39 is 0 Å². The highest BCUT2D eigenvalue weighted by Gasteiger charge is 2.33. The smallest absolute Gasteiger partial charge is 0.318 e. The molecule has 0 bridgehead atoms. The first-order chi connectivity index (χ1) is 15.6. The Kier molecular flexibility index (Phi) is 7.20. The molecule has 0 aliphatic carbocycles. The first-order valence-corrected chi connectivity index (χ1v) is 11.6. The van der Waals surface area contributed by atoms with Crippen LogP contribution in [0.3, 0.4) is 0 Å². The van der Waals surface area contributed by atoms with E-state index in [9.17, 15) is 4.79 Å². The zero-order valence-corrected chi connectivity index (χ0v) is 19.5. The number of carbonyl (C=O) groups excluding carboxylic acids is 1. The highest BCUT2D eigenvalue weighted by molar-refractivity contribution is 5.75. The fourth-order valence-electron chi connectivity index (χ4n) is 4.95. The predicted octanol–water partition coefficient (Wildman–Crippen LogP) is 4.52. The van der Waals surface area contributed by atoms with Gasteiger partial charge in [0.2, 0.25) is 0 Å². The minimum Gasteiger partial charge on any atom is -0.497 e. The number of likely N-dealkylation sites (tertiary alicyclic amines) is 2. The van der Waals surface area contributed by atoms with E-state index in [1.165, 1.54) is 11.1 Å². The molecule has 2 amide bonds. The summed E-state index contributed by atoms with van der Waals surface area (Å²) in [5.74, 6) is 1.54. The molecule has 1 N–H and O–H groups in total. The van der Waals surface area contributed by atoms with E-state index in [4.69, 9.17) is 9.47 Å². The number of benzene rings is 2. The third-order valence-electron chi connectivity index (χ3n) is 6.88. The lowest BCUT2D eigenvalue weighted by Crippen LogP contribution is -2.49. The van der Waals surface area contributed by atoms with Crippen molar-refractivity contribution in [3.63, 3.8) is 0 Å². The fraction of sp³-hybridized carbons (Fsp3) is 0.500. The maximum Gasteiger partial charge on any atom is 0.318 e. The van der Waals surface area contributed by atoms with Gasteiger partial charge in [-0.15, -0.1) is 0 Å². The number of methoxy groups -OCH3 is 2. The molecule has 0 saturated carbocycles. The van der Waals surface area contributed by atoms with E-state index in [1.807, 2.05) is 23.1 Å². The highest BCUT2D eigenvalue weighted by Crippen LogP contribution is 2.38. The molecule has 1 atom stereocenters. The molecule has 6 heteroatoms. The van der Waals surface area contributed by atoms with Crippen LogP contribution in [0.4, 0.5) is 4.79 Å². The molecule has 0 spiro atoms. The number of nitrogens with one attached hydrogen (secondary N) is 1. The van der Waals surface area contributed by atoms with Crippen molar-refractivity contribution < 1.29 is 14.3 Å². The van der Waals surface area contributed by atoms with Crippen LogP contribution >= 0.6 is 0 Å². The molecule has 2 aliphatic rings. The Morgan fingerprint density at radius 1 is 1.03 bits per heavy atom. The van der Waals surface area contributed by atoms with Crippen LogP contribution in [0.15, 0.2) is 42.5 Å². The minimum atomic E-state index is 0.0389. The molecule has 0 aromatic heterocycles. The van der Waals surface area contributed by atoms with Gasteiger partial charge in [-0.25, -0.2) is 4.79 Å². The number of amides is 2. The largest absolute Gasteiger partial charge is 0.497 e. The van der Waals surface area contributed by atoms with Crippen LogP contribution in [0, 0.1) is 6.92 Å². The maximum atomic E-state index is 13.2. The lowest BCUT2D eigenvalue weighted by Gasteiger charge is -2.34. The summed E-state index contributed by atoms with van der Waals surface area (Å²) < 4.78 is 10.9. The van der Waals surface area contributed by atoms with Crippen molar-refractivity contribution in [2.75, 3.05) is 33.9 Å². The number of piperidine rings is 1. The molecule has 32 heavy (non-hydrogen) atoms. The van der Waals surface area contributed by atoms with Crippen molar-refractivity contribution in [1.82, 2.24) is 15.1 Å². The van der Waals surface area contributed by atoms with E-state index >= 15 is 0 Å². The Hall–Kier alpha value is -2.73. The summed E-state index contributed by atoms with van der Waals surface area (Å²) in [6, 6.07) is 14.8. The number of ether oxygens (including phenoxy) is 2. The summed E-state index contributed by atoms with van der Waals surface area (Å²) >= 11 is 0. The predicted molar refractivity (Wildman–Crippen MR) is 126 cm³/mol. The Labute approximate surface area is 191 Å². The van der Waals surface area contributed by atoms with Gasteiger partial charge >= 0.3 is 6.03 Å². The van der Waals surface area contributed by atoms with E-state index in [0.29, 0.717) is 0 Å². The molecular formula is C26H35N3O3. The molecule has 2 heterocycles. The van der Waals surface area contributed by atoms with Gasteiger partial charge in [0.05, 0.1) is 20.3 Å². The lowest BCUT2D eigenvalue weighted by atomic mass is 10.0. The van der Waals surface area contributed by atoms with Crippen molar-refractivity contribution in [1.29, 1.82) is 0 Å². The summed E-state index contributed by atoms with van der Waals surface area (Å²) in [5, 5.41) is 3.31. The molecule has 2 saturated heterocycles. The highest BCUT2D eigenvalue weighted by atomic mass is 16.5. The third kappa shape index (κ3) is 5.01. The molecule has 0 radical (unpaired) electrons. The fourth-order valence-corrected chi connectivity index (χ4v) is 4.95. The number of hydrogen-bond acceptors (Lipinski definition) is 4. The molecule has 2 aromatic rings. The summed E-state index contributed by atoms with van der Waals surface area (Å²) in [6.45, 7) is 5.95. The quantitative estimate of drug-likeness (QED) is 0.722. The van der Waals surface area contributed by atoms with Gasteiger partial charge in [-0.3, -0.25) is 4.90 Å². The molecule has 2 aliphatic heterocycles. The van der Waals surface area contributed by atoms with Crippen LogP contribution in [0.2, 0.25) is 0 Å². The minimum absolute atomic E-state index is 0.0389. The maximum absolute atomic E-state index is 13.2. The molecular weight excluding hydrogens is 402 g/mol. The second-order valence-electron chi connectivity index (χ2n) is 8.89. The van der Waals surface area contributed by atoms with Crippen LogP contribution in [-0.4, -0.2) is 55.7 Å². The zero-order valence-electron chi connectivity index (χ0n) is 19.5. The third-order valence-corrected chi connectivity index (χ3v) is 6.88. The standard InChI is InChI=1S/C26H35N3O3/c1-19-7-4-5-8-20(19)18-28-15-12-21(13-16-28)27-26(30)29-14-6-9-24(29)23-11-10-22(31-2)17-25(23)32-3/h4-5,7-8,10-11,17,21,24H,6,9,12-16,18H2,1-3H3,(H,27,30). The number of urea groups is 1. The van der Waals surface area contributed by atoms with Gasteiger partial charge < -0.3 is 19.7 Å². The Balaban J connectivity index is 1.33. The van der Waals surface area contributed by atoms with Crippen LogP contribution in [-0.2, 0) is 6.54 Å². The van der Waals surface area contributed by atoms with Crippen LogP contribution < -0.4 is 14.8 Å². The van der Waals surface area contributed by atoms with E-state index in [-0.39, 0.29) is 18.1 Å². The Bertz CT molecular complexity index is 924. The van der Waals surface area contributed by atoms with Crippen molar-refractivity contribution in [3.05, 3.63) is 59.2 Å². The van der Waals surface area contributed by atoms with Gasteiger partial charge in [0.15, 0.2) is 0 Å². The van der Waals surface area contributed by atoms with Crippen molar-refractivity contribution in [2.45, 2.75) is 51.2 Å². The first kappa shape index (κ1) is 22.5. The van der Waals surface area contributed by atoms with Gasteiger partial charge in [0, 0.05) is 43.9 Å². The van der Waals surface area contributed by atoms with Gasteiger partial charge in [-0.1, -0.05) is 24.3 Å². The lowest BCUT2D eigenvalue weighted by molar-refractivity contribution is 0.165. The van der Waals surface area contributed by atoms with Crippen LogP contribution in [0.1, 0.15) is 48.4 Å². The molecule has 6 nitrogen and oxygen atoms in total. The number of nitrogens with zero attached hydrogens (tertiary/aromatic N) is 2. The molecule has 4 rings (SSSR count). The molecule has 2 aromatic carbocycles. The average Bonchev–Trinajstić information content (AvgIpc) is 3.31. The van der Waals surface area contributed by atoms with Gasteiger partial charge in [-0.05, 0) is 55.9 Å². The SMILES string of the molecule is COc1ccc(C2CCCN2C(=O)NC2CCN(Cc3ccccc3C)CC2)c(OC)c1. The number of hydrogen-bond donors (Lipinski definition) is 1. The van der Waals surface area contributed by atoms with Gasteiger partial charge in [-0.2, -0.15) is 0 Å². The Morgan fingerprint density at radius 2 is 1.81 bits per heavy atom. The van der Waals surface area contributed by atoms with E-state index in [2.05, 4.69) is 41.4 Å². The number of aryl methyl sites for hydroxylation is 1. The number of carbonyl (C=O) groups is 1. The molecule has 1 unspecified atom stereocenters. The van der Waals surface area contributed by atoms with Gasteiger partial charge in [0.25, 0.3) is 0 Å². The molecule has 172 valence electrons. The van der Waals surface area contributed by atoms with Crippen molar-refractivity contribution in [2.24, 2.45) is 0 Å². The molecule has 2 fully saturated rings. The normalized spacial score (nSPS) is 19.7. The van der Waals surface area contributed by atoms with E-state index in [0.717, 1.165) is 68.9 Å².